The van der Waals surface area contributed by atoms with Crippen molar-refractivity contribution in [1.29, 1.82) is 0 Å². The van der Waals surface area contributed by atoms with Crippen LogP contribution in [-0.2, 0) is 4.79 Å². The molecule has 0 unspecified atom stereocenters. The van der Waals surface area contributed by atoms with Crippen LogP contribution in [0.2, 0.25) is 0 Å². The fourth-order valence-corrected chi connectivity index (χ4v) is 2.60. The molecule has 0 atom stereocenters. The lowest BCUT2D eigenvalue weighted by Crippen LogP contribution is -2.41. The van der Waals surface area contributed by atoms with Crippen molar-refractivity contribution in [2.45, 2.75) is 38.1 Å². The lowest BCUT2D eigenvalue weighted by Gasteiger charge is -2.20. The summed E-state index contributed by atoms with van der Waals surface area (Å²) in [4.78, 5) is 11.8. The van der Waals surface area contributed by atoms with Crippen LogP contribution in [0.15, 0.2) is 29.4 Å². The number of carbonyl (C=O) groups excluding carboxylic acids is 1. The molecule has 0 fully saturated rings. The van der Waals surface area contributed by atoms with Crippen molar-refractivity contribution in [3.63, 3.8) is 0 Å². The molecule has 0 aliphatic carbocycles. The van der Waals surface area contributed by atoms with E-state index in [0.29, 0.717) is 16.5 Å². The maximum Gasteiger partial charge on any atom is 0.387 e. The van der Waals surface area contributed by atoms with Gasteiger partial charge in [-0.2, -0.15) is 8.78 Å². The van der Waals surface area contributed by atoms with Crippen LogP contribution >= 0.6 is 11.8 Å². The van der Waals surface area contributed by atoms with Crippen LogP contribution in [0.5, 0.6) is 5.75 Å². The minimum Gasteiger partial charge on any atom is -0.435 e. The zero-order valence-corrected chi connectivity index (χ0v) is 14.8. The average Bonchev–Trinajstić information content (AvgIpc) is 2.85. The first kappa shape index (κ1) is 19.0. The number of hydrogen-bond acceptors (Lipinski definition) is 6. The van der Waals surface area contributed by atoms with E-state index in [1.807, 2.05) is 20.8 Å². The molecule has 0 aliphatic heterocycles. The minimum absolute atomic E-state index is 0.0373. The van der Waals surface area contributed by atoms with Gasteiger partial charge in [-0.1, -0.05) is 11.8 Å². The second-order valence-electron chi connectivity index (χ2n) is 6.17. The normalized spacial score (nSPS) is 11.6. The molecule has 2 rings (SSSR count). The summed E-state index contributed by atoms with van der Waals surface area (Å²) in [5, 5.41) is 11.1. The van der Waals surface area contributed by atoms with E-state index < -0.39 is 6.61 Å². The number of amides is 1. The van der Waals surface area contributed by atoms with Crippen LogP contribution in [0.3, 0.4) is 0 Å². The molecule has 1 aromatic carbocycles. The van der Waals surface area contributed by atoms with Crippen LogP contribution in [0, 0.1) is 0 Å². The molecule has 25 heavy (non-hydrogen) atoms. The predicted molar refractivity (Wildman–Crippen MR) is 90.9 cm³/mol. The lowest BCUT2D eigenvalue weighted by atomic mass is 10.1. The Bertz CT molecular complexity index is 729. The number of carbonyl (C=O) groups is 1. The van der Waals surface area contributed by atoms with Crippen molar-refractivity contribution in [2.75, 3.05) is 11.6 Å². The van der Waals surface area contributed by atoms with Gasteiger partial charge in [0.25, 0.3) is 0 Å². The summed E-state index contributed by atoms with van der Waals surface area (Å²) >= 11 is 1.15. The molecule has 1 amide bonds. The van der Waals surface area contributed by atoms with Crippen molar-refractivity contribution in [2.24, 2.45) is 0 Å². The number of thioether (sulfide) groups is 1. The van der Waals surface area contributed by atoms with Crippen molar-refractivity contribution in [3.8, 4) is 17.1 Å². The quantitative estimate of drug-likeness (QED) is 0.597. The number of ether oxygens (including phenoxy) is 1. The number of nitrogens with one attached hydrogen (secondary N) is 1. The zero-order valence-electron chi connectivity index (χ0n) is 14.0. The number of alkyl halides is 2. The molecule has 0 radical (unpaired) electrons. The molecular weight excluding hydrogens is 352 g/mol. The number of halogens is 2. The average molecular weight is 371 g/mol. The summed E-state index contributed by atoms with van der Waals surface area (Å²) in [6.07, 6.45) is 0. The maximum absolute atomic E-state index is 12.2. The zero-order chi connectivity index (χ0) is 18.6. The van der Waals surface area contributed by atoms with Gasteiger partial charge in [0.2, 0.25) is 11.1 Å². The first-order valence-electron chi connectivity index (χ1n) is 7.35. The van der Waals surface area contributed by atoms with Gasteiger partial charge in [0.15, 0.2) is 5.82 Å². The van der Waals surface area contributed by atoms with Crippen molar-refractivity contribution in [3.05, 3.63) is 24.3 Å². The van der Waals surface area contributed by atoms with Crippen molar-refractivity contribution >= 4 is 17.7 Å². The van der Waals surface area contributed by atoms with Gasteiger partial charge in [-0.05, 0) is 45.0 Å². The summed E-state index contributed by atoms with van der Waals surface area (Å²) in [5.41, 5.74) is 0.268. The second kappa shape index (κ2) is 7.68. The number of nitrogens with zero attached hydrogens (tertiary/aromatic N) is 3. The van der Waals surface area contributed by atoms with Gasteiger partial charge < -0.3 is 15.9 Å². The number of nitrogens with two attached hydrogens (primary N) is 1. The predicted octanol–water partition coefficient (Wildman–Crippen LogP) is 2.27. The fraction of sp³-hybridized carbons (Fsp3) is 0.400. The summed E-state index contributed by atoms with van der Waals surface area (Å²) in [6, 6.07) is 5.87. The van der Waals surface area contributed by atoms with E-state index in [2.05, 4.69) is 20.3 Å². The van der Waals surface area contributed by atoms with E-state index in [4.69, 9.17) is 5.84 Å². The molecule has 0 spiro atoms. The van der Waals surface area contributed by atoms with E-state index in [9.17, 15) is 13.6 Å². The number of hydrogen-bond donors (Lipinski definition) is 2. The highest BCUT2D eigenvalue weighted by Gasteiger charge is 2.17. The standard InChI is InChI=1S/C15H19F2N5O2S/c1-15(2,3)19-11(23)8-25-14-21-20-12(22(14)18)9-4-6-10(7-5-9)24-13(16)17/h4-7,13H,8,18H2,1-3H3,(H,19,23). The third kappa shape index (κ3) is 5.59. The van der Waals surface area contributed by atoms with Gasteiger partial charge in [-0.15, -0.1) is 10.2 Å². The van der Waals surface area contributed by atoms with E-state index >= 15 is 0 Å². The highest BCUT2D eigenvalue weighted by atomic mass is 32.2. The van der Waals surface area contributed by atoms with E-state index in [-0.39, 0.29) is 22.9 Å². The van der Waals surface area contributed by atoms with Gasteiger partial charge in [0, 0.05) is 11.1 Å². The van der Waals surface area contributed by atoms with Gasteiger partial charge in [-0.25, -0.2) is 4.68 Å². The third-order valence-corrected chi connectivity index (χ3v) is 3.79. The van der Waals surface area contributed by atoms with Crippen molar-refractivity contribution in [1.82, 2.24) is 20.2 Å². The van der Waals surface area contributed by atoms with E-state index in [1.54, 1.807) is 12.1 Å². The summed E-state index contributed by atoms with van der Waals surface area (Å²) < 4.78 is 29.9. The Morgan fingerprint density at radius 1 is 1.32 bits per heavy atom. The van der Waals surface area contributed by atoms with Gasteiger partial charge >= 0.3 is 6.61 Å². The highest BCUT2D eigenvalue weighted by Crippen LogP contribution is 2.24. The maximum atomic E-state index is 12.2. The molecule has 7 nitrogen and oxygen atoms in total. The molecule has 10 heteroatoms. The number of aromatic nitrogens is 3. The molecule has 0 saturated heterocycles. The topological polar surface area (TPSA) is 95.1 Å². The molecular formula is C15H19F2N5O2S. The van der Waals surface area contributed by atoms with Crippen LogP contribution in [0.1, 0.15) is 20.8 Å². The summed E-state index contributed by atoms with van der Waals surface area (Å²) in [5.74, 6) is 6.35. The van der Waals surface area contributed by atoms with Crippen molar-refractivity contribution < 1.29 is 18.3 Å². The number of benzene rings is 1. The molecule has 3 N–H and O–H groups in total. The lowest BCUT2D eigenvalue weighted by molar-refractivity contribution is -0.119. The van der Waals surface area contributed by atoms with Gasteiger partial charge in [0.05, 0.1) is 5.75 Å². The first-order valence-corrected chi connectivity index (χ1v) is 8.34. The van der Waals surface area contributed by atoms with E-state index in [1.165, 1.54) is 16.8 Å². The number of rotatable bonds is 6. The van der Waals surface area contributed by atoms with Gasteiger partial charge in [-0.3, -0.25) is 4.79 Å². The molecule has 1 aromatic heterocycles. The molecule has 1 heterocycles. The largest absolute Gasteiger partial charge is 0.435 e. The Labute approximate surface area is 147 Å². The van der Waals surface area contributed by atoms with Crippen LogP contribution in [0.25, 0.3) is 11.4 Å². The Morgan fingerprint density at radius 3 is 2.52 bits per heavy atom. The Hall–Kier alpha value is -2.36. The molecule has 0 saturated carbocycles. The Morgan fingerprint density at radius 2 is 1.96 bits per heavy atom. The monoisotopic (exact) mass is 371 g/mol. The molecule has 2 aromatic rings. The van der Waals surface area contributed by atoms with E-state index in [0.717, 1.165) is 11.8 Å². The molecule has 0 bridgehead atoms. The Kier molecular flexibility index (Phi) is 5.83. The fourth-order valence-electron chi connectivity index (χ4n) is 1.94. The SMILES string of the molecule is CC(C)(C)NC(=O)CSc1nnc(-c2ccc(OC(F)F)cc2)n1N. The smallest absolute Gasteiger partial charge is 0.387 e. The molecule has 136 valence electrons. The van der Waals surface area contributed by atoms with Crippen LogP contribution < -0.4 is 15.9 Å². The highest BCUT2D eigenvalue weighted by molar-refractivity contribution is 7.99. The van der Waals surface area contributed by atoms with Crippen LogP contribution in [0.4, 0.5) is 8.78 Å². The Balaban J connectivity index is 2.04. The minimum atomic E-state index is -2.88. The molecule has 0 aliphatic rings. The first-order chi connectivity index (χ1) is 11.7. The third-order valence-electron chi connectivity index (χ3n) is 2.85. The number of nitrogen functional groups attached to an aromatic ring is 1. The summed E-state index contributed by atoms with van der Waals surface area (Å²) in [7, 11) is 0. The van der Waals surface area contributed by atoms with Gasteiger partial charge in [0.1, 0.15) is 5.75 Å². The second-order valence-corrected chi connectivity index (χ2v) is 7.11. The summed E-state index contributed by atoms with van der Waals surface area (Å²) in [6.45, 7) is 2.79. The van der Waals surface area contributed by atoms with Crippen LogP contribution in [-0.4, -0.2) is 38.7 Å².